The minimum Gasteiger partial charge on any atom is -0.362 e. The van der Waals surface area contributed by atoms with E-state index in [1.165, 1.54) is 12.1 Å². The second kappa shape index (κ2) is 6.48. The fourth-order valence-electron chi connectivity index (χ4n) is 1.27. The van der Waals surface area contributed by atoms with Crippen LogP contribution in [0.25, 0.3) is 0 Å². The third-order valence-electron chi connectivity index (χ3n) is 2.05. The summed E-state index contributed by atoms with van der Waals surface area (Å²) in [7, 11) is 0. The van der Waals surface area contributed by atoms with Gasteiger partial charge in [0.15, 0.2) is 0 Å². The zero-order valence-electron chi connectivity index (χ0n) is 9.76. The molecule has 1 aromatic rings. The fourth-order valence-corrected chi connectivity index (χ4v) is 1.27. The molecule has 0 aliphatic heterocycles. The van der Waals surface area contributed by atoms with Gasteiger partial charge in [-0.1, -0.05) is 0 Å². The van der Waals surface area contributed by atoms with Gasteiger partial charge in [0.25, 0.3) is 0 Å². The predicted octanol–water partition coefficient (Wildman–Crippen LogP) is 1.80. The molecule has 0 unspecified atom stereocenters. The molecule has 0 radical (unpaired) electrons. The molecule has 1 rings (SSSR count). The number of alkyl halides is 3. The maximum Gasteiger partial charge on any atom is 0.411 e. The number of benzene rings is 1. The number of rotatable bonds is 5. The molecular weight excluding hydrogens is 268 g/mol. The van der Waals surface area contributed by atoms with Crippen LogP contribution in [-0.2, 0) is 16.1 Å². The molecule has 0 aromatic heterocycles. The molecule has 0 saturated carbocycles. The quantitative estimate of drug-likeness (QED) is 0.808. The molecule has 0 aliphatic carbocycles. The molecule has 0 atom stereocenters. The first-order chi connectivity index (χ1) is 8.81. The standard InChI is InChI=1S/C11H12F4N2O2/c12-9-2-1-8(3-7(9)4-16)17-10(18)5-19-6-11(13,14)15/h1-3H,4-6,16H2,(H,17,18). The molecule has 0 saturated heterocycles. The van der Waals surface area contributed by atoms with Crippen LogP contribution in [0, 0.1) is 5.82 Å². The van der Waals surface area contributed by atoms with Gasteiger partial charge in [-0.15, -0.1) is 0 Å². The van der Waals surface area contributed by atoms with E-state index < -0.39 is 31.1 Å². The van der Waals surface area contributed by atoms with Crippen LogP contribution in [0.3, 0.4) is 0 Å². The molecular formula is C11H12F4N2O2. The lowest BCUT2D eigenvalue weighted by Gasteiger charge is -2.09. The van der Waals surface area contributed by atoms with Crippen LogP contribution in [0.2, 0.25) is 0 Å². The third-order valence-corrected chi connectivity index (χ3v) is 2.05. The van der Waals surface area contributed by atoms with Gasteiger partial charge in [-0.2, -0.15) is 13.2 Å². The number of hydrogen-bond donors (Lipinski definition) is 2. The monoisotopic (exact) mass is 280 g/mol. The highest BCUT2D eigenvalue weighted by molar-refractivity contribution is 5.91. The molecule has 1 aromatic carbocycles. The first-order valence-electron chi connectivity index (χ1n) is 5.24. The van der Waals surface area contributed by atoms with Gasteiger partial charge in [0.1, 0.15) is 19.0 Å². The topological polar surface area (TPSA) is 64.3 Å². The highest BCUT2D eigenvalue weighted by Crippen LogP contribution is 2.15. The van der Waals surface area contributed by atoms with E-state index in [2.05, 4.69) is 10.1 Å². The average molecular weight is 280 g/mol. The molecule has 8 heteroatoms. The highest BCUT2D eigenvalue weighted by Gasteiger charge is 2.27. The number of nitrogens with one attached hydrogen (secondary N) is 1. The Hall–Kier alpha value is -1.67. The van der Waals surface area contributed by atoms with Crippen LogP contribution in [0.15, 0.2) is 18.2 Å². The summed E-state index contributed by atoms with van der Waals surface area (Å²) < 4.78 is 52.6. The summed E-state index contributed by atoms with van der Waals surface area (Å²) in [6.07, 6.45) is -4.48. The Morgan fingerprint density at radius 1 is 1.37 bits per heavy atom. The molecule has 4 nitrogen and oxygen atoms in total. The van der Waals surface area contributed by atoms with Crippen molar-refractivity contribution in [3.63, 3.8) is 0 Å². The number of nitrogens with two attached hydrogens (primary N) is 1. The number of anilines is 1. The summed E-state index contributed by atoms with van der Waals surface area (Å²) in [5, 5.41) is 2.28. The number of halogens is 4. The van der Waals surface area contributed by atoms with Crippen molar-refractivity contribution in [1.29, 1.82) is 0 Å². The lowest BCUT2D eigenvalue weighted by atomic mass is 10.2. The number of amides is 1. The normalized spacial score (nSPS) is 11.4. The van der Waals surface area contributed by atoms with Crippen LogP contribution in [0.5, 0.6) is 0 Å². The van der Waals surface area contributed by atoms with Gasteiger partial charge in [-0.3, -0.25) is 4.79 Å². The van der Waals surface area contributed by atoms with Gasteiger partial charge in [-0.05, 0) is 18.2 Å². The summed E-state index contributed by atoms with van der Waals surface area (Å²) >= 11 is 0. The lowest BCUT2D eigenvalue weighted by molar-refractivity contribution is -0.174. The van der Waals surface area contributed by atoms with Crippen LogP contribution in [0.4, 0.5) is 23.2 Å². The lowest BCUT2D eigenvalue weighted by Crippen LogP contribution is -2.24. The van der Waals surface area contributed by atoms with E-state index in [0.717, 1.165) is 6.07 Å². The highest BCUT2D eigenvalue weighted by atomic mass is 19.4. The van der Waals surface area contributed by atoms with Gasteiger partial charge >= 0.3 is 6.18 Å². The molecule has 0 bridgehead atoms. The van der Waals surface area contributed by atoms with Gasteiger partial charge in [0.05, 0.1) is 0 Å². The summed E-state index contributed by atoms with van der Waals surface area (Å²) in [5.74, 6) is -1.28. The maximum absolute atomic E-state index is 13.1. The van der Waals surface area contributed by atoms with Crippen molar-refractivity contribution in [1.82, 2.24) is 0 Å². The van der Waals surface area contributed by atoms with E-state index >= 15 is 0 Å². The van der Waals surface area contributed by atoms with Crippen LogP contribution < -0.4 is 11.1 Å². The molecule has 0 heterocycles. The Bertz CT molecular complexity index is 449. The van der Waals surface area contributed by atoms with Crippen molar-refractivity contribution in [2.24, 2.45) is 5.73 Å². The zero-order valence-corrected chi connectivity index (χ0v) is 9.76. The summed E-state index contributed by atoms with van der Waals surface area (Å²) in [6.45, 7) is -2.30. The number of hydrogen-bond acceptors (Lipinski definition) is 3. The van der Waals surface area contributed by atoms with Crippen molar-refractivity contribution in [2.45, 2.75) is 12.7 Å². The van der Waals surface area contributed by atoms with Gasteiger partial charge in [-0.25, -0.2) is 4.39 Å². The van der Waals surface area contributed by atoms with Crippen LogP contribution in [-0.4, -0.2) is 25.3 Å². The van der Waals surface area contributed by atoms with E-state index in [1.807, 2.05) is 0 Å². The van der Waals surface area contributed by atoms with E-state index in [0.29, 0.717) is 0 Å². The van der Waals surface area contributed by atoms with Crippen LogP contribution >= 0.6 is 0 Å². The van der Waals surface area contributed by atoms with E-state index in [4.69, 9.17) is 5.73 Å². The Morgan fingerprint density at radius 2 is 2.05 bits per heavy atom. The largest absolute Gasteiger partial charge is 0.411 e. The Balaban J connectivity index is 2.48. The number of carbonyl (C=O) groups excluding carboxylic acids is 1. The minimum atomic E-state index is -4.48. The van der Waals surface area contributed by atoms with Crippen molar-refractivity contribution in [2.75, 3.05) is 18.5 Å². The Labute approximate surface area is 106 Å². The molecule has 106 valence electrons. The van der Waals surface area contributed by atoms with Crippen molar-refractivity contribution in [3.05, 3.63) is 29.6 Å². The first kappa shape index (κ1) is 15.4. The summed E-state index contributed by atoms with van der Waals surface area (Å²) in [5.41, 5.74) is 5.70. The fraction of sp³-hybridized carbons (Fsp3) is 0.364. The van der Waals surface area contributed by atoms with E-state index in [-0.39, 0.29) is 17.8 Å². The Morgan fingerprint density at radius 3 is 2.63 bits per heavy atom. The molecule has 0 fully saturated rings. The molecule has 0 aliphatic rings. The zero-order chi connectivity index (χ0) is 14.5. The molecule has 0 spiro atoms. The Kier molecular flexibility index (Phi) is 5.25. The number of carbonyl (C=O) groups is 1. The second-order valence-electron chi connectivity index (χ2n) is 3.67. The maximum atomic E-state index is 13.1. The summed E-state index contributed by atoms with van der Waals surface area (Å²) in [4.78, 5) is 11.3. The molecule has 1 amide bonds. The van der Waals surface area contributed by atoms with E-state index in [9.17, 15) is 22.4 Å². The van der Waals surface area contributed by atoms with Crippen molar-refractivity contribution < 1.29 is 27.1 Å². The van der Waals surface area contributed by atoms with Gasteiger partial charge in [0.2, 0.25) is 5.91 Å². The number of ether oxygens (including phenoxy) is 1. The van der Waals surface area contributed by atoms with Crippen LogP contribution in [0.1, 0.15) is 5.56 Å². The molecule has 3 N–H and O–H groups in total. The first-order valence-corrected chi connectivity index (χ1v) is 5.24. The summed E-state index contributed by atoms with van der Waals surface area (Å²) in [6, 6.07) is 3.68. The van der Waals surface area contributed by atoms with Crippen molar-refractivity contribution >= 4 is 11.6 Å². The second-order valence-corrected chi connectivity index (χ2v) is 3.67. The SMILES string of the molecule is NCc1cc(NC(=O)COCC(F)(F)F)ccc1F. The van der Waals surface area contributed by atoms with Crippen molar-refractivity contribution in [3.8, 4) is 0 Å². The average Bonchev–Trinajstić information content (AvgIpc) is 2.30. The predicted molar refractivity (Wildman–Crippen MR) is 59.8 cm³/mol. The van der Waals surface area contributed by atoms with Gasteiger partial charge < -0.3 is 15.8 Å². The third kappa shape index (κ3) is 5.66. The van der Waals surface area contributed by atoms with E-state index in [1.54, 1.807) is 0 Å². The van der Waals surface area contributed by atoms with Gasteiger partial charge in [0, 0.05) is 17.8 Å². The smallest absolute Gasteiger partial charge is 0.362 e. The molecule has 19 heavy (non-hydrogen) atoms. The minimum absolute atomic E-state index is 0.0554.